The van der Waals surface area contributed by atoms with Crippen molar-refractivity contribution in [3.05, 3.63) is 64.4 Å². The van der Waals surface area contributed by atoms with Crippen molar-refractivity contribution in [2.45, 2.75) is 23.1 Å². The van der Waals surface area contributed by atoms with Crippen LogP contribution in [0.1, 0.15) is 17.7 Å². The van der Waals surface area contributed by atoms with Crippen LogP contribution in [-0.2, 0) is 0 Å². The Hall–Kier alpha value is -0.840. The van der Waals surface area contributed by atoms with Crippen LogP contribution in [0.3, 0.4) is 0 Å². The van der Waals surface area contributed by atoms with Crippen molar-refractivity contribution in [1.82, 2.24) is 0 Å². The predicted molar refractivity (Wildman–Crippen MR) is 82.8 cm³/mol. The fourth-order valence-electron chi connectivity index (χ4n) is 1.82. The van der Waals surface area contributed by atoms with Gasteiger partial charge in [-0.2, -0.15) is 0 Å². The van der Waals surface area contributed by atoms with E-state index >= 15 is 0 Å². The molecule has 19 heavy (non-hydrogen) atoms. The molecule has 0 fully saturated rings. The Balaban J connectivity index is 2.23. The number of benzene rings is 2. The molecule has 0 bridgehead atoms. The van der Waals surface area contributed by atoms with E-state index in [-0.39, 0.29) is 17.1 Å². The molecule has 2 aromatic carbocycles. The summed E-state index contributed by atoms with van der Waals surface area (Å²) in [4.78, 5) is 1.02. The molecule has 2 rings (SSSR count). The first-order valence-corrected chi connectivity index (χ1v) is 7.67. The smallest absolute Gasteiger partial charge is 0.123 e. The second-order valence-corrected chi connectivity index (χ2v) is 6.54. The molecule has 1 nitrogen and oxygen atoms in total. The summed E-state index contributed by atoms with van der Waals surface area (Å²) in [6.07, 6.45) is 0. The minimum absolute atomic E-state index is 0.00403. The zero-order chi connectivity index (χ0) is 13.8. The molecule has 0 spiro atoms. The number of rotatable bonds is 4. The van der Waals surface area contributed by atoms with E-state index in [9.17, 15) is 4.39 Å². The van der Waals surface area contributed by atoms with Crippen molar-refractivity contribution in [2.75, 3.05) is 0 Å². The van der Waals surface area contributed by atoms with Crippen LogP contribution in [-0.4, -0.2) is 6.04 Å². The highest BCUT2D eigenvalue weighted by Gasteiger charge is 2.18. The molecule has 0 radical (unpaired) electrons. The largest absolute Gasteiger partial charge is 0.327 e. The molecule has 0 aliphatic rings. The highest BCUT2D eigenvalue weighted by molar-refractivity contribution is 9.10. The quantitative estimate of drug-likeness (QED) is 0.812. The lowest BCUT2D eigenvalue weighted by molar-refractivity contribution is 0.626. The summed E-state index contributed by atoms with van der Waals surface area (Å²) in [6.45, 7) is 1.99. The molecule has 2 atom stereocenters. The summed E-state index contributed by atoms with van der Waals surface area (Å²) in [5.74, 6) is -0.218. The third-order valence-corrected chi connectivity index (χ3v) is 4.72. The maximum absolute atomic E-state index is 12.9. The van der Waals surface area contributed by atoms with Crippen LogP contribution in [0.15, 0.2) is 57.9 Å². The summed E-state index contributed by atoms with van der Waals surface area (Å²) in [6, 6.07) is 14.7. The SMILES string of the molecule is CC(N)C(Sc1ccc(F)cc1)c1cccc(Br)c1. The van der Waals surface area contributed by atoms with Crippen molar-refractivity contribution in [3.63, 3.8) is 0 Å². The van der Waals surface area contributed by atoms with Gasteiger partial charge < -0.3 is 5.73 Å². The summed E-state index contributed by atoms with van der Waals surface area (Å²) in [5.41, 5.74) is 7.25. The van der Waals surface area contributed by atoms with Crippen LogP contribution in [0.4, 0.5) is 4.39 Å². The Morgan fingerprint density at radius 2 is 1.84 bits per heavy atom. The van der Waals surface area contributed by atoms with E-state index < -0.39 is 0 Å². The van der Waals surface area contributed by atoms with Gasteiger partial charge in [-0.1, -0.05) is 28.1 Å². The van der Waals surface area contributed by atoms with Crippen molar-refractivity contribution in [1.29, 1.82) is 0 Å². The van der Waals surface area contributed by atoms with Crippen LogP contribution in [0.2, 0.25) is 0 Å². The maximum atomic E-state index is 12.9. The van der Waals surface area contributed by atoms with Gasteiger partial charge in [-0.25, -0.2) is 4.39 Å². The first-order valence-electron chi connectivity index (χ1n) is 5.99. The molecule has 100 valence electrons. The van der Waals surface area contributed by atoms with E-state index in [1.807, 2.05) is 19.1 Å². The van der Waals surface area contributed by atoms with Gasteiger partial charge in [0.25, 0.3) is 0 Å². The lowest BCUT2D eigenvalue weighted by atomic mass is 10.1. The molecule has 0 aliphatic heterocycles. The van der Waals surface area contributed by atoms with Crippen LogP contribution in [0.25, 0.3) is 0 Å². The highest BCUT2D eigenvalue weighted by Crippen LogP contribution is 2.37. The second kappa shape index (κ2) is 6.55. The molecule has 0 saturated carbocycles. The Kier molecular flexibility index (Phi) is 5.02. The summed E-state index contributed by atoms with van der Waals surface area (Å²) in [5, 5.41) is 0.142. The number of nitrogens with two attached hydrogens (primary N) is 1. The Morgan fingerprint density at radius 1 is 1.16 bits per heavy atom. The second-order valence-electron chi connectivity index (χ2n) is 4.41. The molecule has 0 aromatic heterocycles. The fraction of sp³-hybridized carbons (Fsp3) is 0.200. The molecule has 4 heteroatoms. The van der Waals surface area contributed by atoms with Crippen LogP contribution >= 0.6 is 27.7 Å². The monoisotopic (exact) mass is 339 g/mol. The molecular weight excluding hydrogens is 325 g/mol. The minimum Gasteiger partial charge on any atom is -0.327 e. The van der Waals surface area contributed by atoms with Crippen molar-refractivity contribution < 1.29 is 4.39 Å². The molecular formula is C15H15BrFNS. The van der Waals surface area contributed by atoms with Gasteiger partial charge in [0, 0.05) is 20.7 Å². The predicted octanol–water partition coefficient (Wildman–Crippen LogP) is 4.77. The number of hydrogen-bond donors (Lipinski definition) is 1. The van der Waals surface area contributed by atoms with Gasteiger partial charge in [-0.15, -0.1) is 11.8 Å². The molecule has 0 amide bonds. The number of thioether (sulfide) groups is 1. The molecule has 0 aliphatic carbocycles. The van der Waals surface area contributed by atoms with E-state index in [0.29, 0.717) is 0 Å². The normalized spacial score (nSPS) is 14.1. The van der Waals surface area contributed by atoms with Gasteiger partial charge in [-0.3, -0.25) is 0 Å². The molecule has 0 saturated heterocycles. The lowest BCUT2D eigenvalue weighted by Crippen LogP contribution is -2.22. The van der Waals surface area contributed by atoms with Crippen molar-refractivity contribution >= 4 is 27.7 Å². The Bertz CT molecular complexity index is 542. The Morgan fingerprint density at radius 3 is 2.42 bits per heavy atom. The highest BCUT2D eigenvalue weighted by atomic mass is 79.9. The maximum Gasteiger partial charge on any atom is 0.123 e. The molecule has 0 heterocycles. The number of hydrogen-bond acceptors (Lipinski definition) is 2. The van der Waals surface area contributed by atoms with E-state index in [1.165, 1.54) is 17.7 Å². The molecule has 2 aromatic rings. The summed E-state index contributed by atoms with van der Waals surface area (Å²) >= 11 is 5.13. The summed E-state index contributed by atoms with van der Waals surface area (Å²) < 4.78 is 14.0. The topological polar surface area (TPSA) is 26.0 Å². The third kappa shape index (κ3) is 4.06. The standard InChI is InChI=1S/C15H15BrFNS/c1-10(18)15(11-3-2-4-12(16)9-11)19-14-7-5-13(17)6-8-14/h2-10,15H,18H2,1H3. The average molecular weight is 340 g/mol. The number of halogens is 2. The first kappa shape index (κ1) is 14.6. The van der Waals surface area contributed by atoms with E-state index in [1.54, 1.807) is 23.9 Å². The lowest BCUT2D eigenvalue weighted by Gasteiger charge is -2.21. The third-order valence-electron chi connectivity index (χ3n) is 2.73. The van der Waals surface area contributed by atoms with Crippen molar-refractivity contribution in [3.8, 4) is 0 Å². The van der Waals surface area contributed by atoms with Gasteiger partial charge in [0.1, 0.15) is 5.82 Å². The Labute approximate surface area is 125 Å². The average Bonchev–Trinajstić information content (AvgIpc) is 2.37. The zero-order valence-electron chi connectivity index (χ0n) is 10.5. The fourth-order valence-corrected chi connectivity index (χ4v) is 3.32. The van der Waals surface area contributed by atoms with Crippen LogP contribution < -0.4 is 5.73 Å². The van der Waals surface area contributed by atoms with Crippen LogP contribution in [0.5, 0.6) is 0 Å². The van der Waals surface area contributed by atoms with E-state index in [0.717, 1.165) is 9.37 Å². The van der Waals surface area contributed by atoms with E-state index in [2.05, 4.69) is 28.1 Å². The van der Waals surface area contributed by atoms with Gasteiger partial charge in [0.15, 0.2) is 0 Å². The summed E-state index contributed by atoms with van der Waals surface area (Å²) in [7, 11) is 0. The van der Waals surface area contributed by atoms with Crippen molar-refractivity contribution in [2.24, 2.45) is 5.73 Å². The first-order chi connectivity index (χ1) is 9.06. The van der Waals surface area contributed by atoms with Gasteiger partial charge in [-0.05, 0) is 48.9 Å². The van der Waals surface area contributed by atoms with Gasteiger partial charge in [0.2, 0.25) is 0 Å². The zero-order valence-corrected chi connectivity index (χ0v) is 12.9. The minimum atomic E-state index is -0.218. The van der Waals surface area contributed by atoms with E-state index in [4.69, 9.17) is 5.73 Å². The van der Waals surface area contributed by atoms with Gasteiger partial charge in [0.05, 0.1) is 0 Å². The molecule has 2 N–H and O–H groups in total. The molecule has 2 unspecified atom stereocenters. The van der Waals surface area contributed by atoms with Gasteiger partial charge >= 0.3 is 0 Å². The van der Waals surface area contributed by atoms with Crippen LogP contribution in [0, 0.1) is 5.82 Å².